The first-order valence-electron chi connectivity index (χ1n) is 4.90. The molecule has 6 heteroatoms. The van der Waals surface area contributed by atoms with Crippen LogP contribution in [0.15, 0.2) is 5.38 Å². The summed E-state index contributed by atoms with van der Waals surface area (Å²) < 4.78 is 5.21. The number of rotatable bonds is 2. The minimum atomic E-state index is -1.55. The first kappa shape index (κ1) is 13.2. The van der Waals surface area contributed by atoms with Crippen molar-refractivity contribution < 1.29 is 19.6 Å². The molecule has 0 spiro atoms. The minimum absolute atomic E-state index is 0.353. The van der Waals surface area contributed by atoms with Gasteiger partial charge in [-0.3, -0.25) is 0 Å². The largest absolute Gasteiger partial charge is 0.489 e. The molecular formula is C10H15BO4S. The summed E-state index contributed by atoms with van der Waals surface area (Å²) in [6.45, 7) is 7.03. The van der Waals surface area contributed by atoms with Crippen LogP contribution in [0.2, 0.25) is 0 Å². The predicted octanol–water partition coefficient (Wildman–Crippen LogP) is 0.692. The Morgan fingerprint density at radius 2 is 2.00 bits per heavy atom. The summed E-state index contributed by atoms with van der Waals surface area (Å²) in [6.07, 6.45) is 0. The molecule has 0 fully saturated rings. The third-order valence-corrected chi connectivity index (χ3v) is 3.02. The van der Waals surface area contributed by atoms with E-state index in [-0.39, 0.29) is 0 Å². The van der Waals surface area contributed by atoms with E-state index in [1.807, 2.05) is 0 Å². The lowest BCUT2D eigenvalue weighted by Gasteiger charge is -2.19. The molecule has 0 bridgehead atoms. The molecule has 0 saturated carbocycles. The van der Waals surface area contributed by atoms with Crippen LogP contribution in [0.5, 0.6) is 0 Å². The van der Waals surface area contributed by atoms with Crippen molar-refractivity contribution in [1.29, 1.82) is 0 Å². The van der Waals surface area contributed by atoms with Gasteiger partial charge in [0.15, 0.2) is 0 Å². The fourth-order valence-corrected chi connectivity index (χ4v) is 2.19. The van der Waals surface area contributed by atoms with Gasteiger partial charge in [0, 0.05) is 0 Å². The summed E-state index contributed by atoms with van der Waals surface area (Å²) in [7, 11) is -1.55. The quantitative estimate of drug-likeness (QED) is 0.591. The molecule has 0 aromatic carbocycles. The van der Waals surface area contributed by atoms with Gasteiger partial charge in [0.25, 0.3) is 0 Å². The molecule has 0 atom stereocenters. The molecule has 0 aliphatic rings. The van der Waals surface area contributed by atoms with Crippen LogP contribution in [-0.4, -0.2) is 28.7 Å². The van der Waals surface area contributed by atoms with Gasteiger partial charge in [-0.25, -0.2) is 4.79 Å². The molecule has 1 rings (SSSR count). The Balaban J connectivity index is 2.94. The number of carbonyl (C=O) groups is 1. The number of hydrogen-bond acceptors (Lipinski definition) is 5. The summed E-state index contributed by atoms with van der Waals surface area (Å²) in [4.78, 5) is 12.2. The molecule has 1 aromatic rings. The molecule has 4 nitrogen and oxygen atoms in total. The zero-order chi connectivity index (χ0) is 12.5. The molecule has 16 heavy (non-hydrogen) atoms. The normalized spacial score (nSPS) is 11.4. The average Bonchev–Trinajstić information content (AvgIpc) is 2.43. The van der Waals surface area contributed by atoms with Crippen molar-refractivity contribution in [1.82, 2.24) is 0 Å². The molecule has 88 valence electrons. The first-order valence-corrected chi connectivity index (χ1v) is 5.78. The number of hydrogen-bond donors (Lipinski definition) is 2. The summed E-state index contributed by atoms with van der Waals surface area (Å²) in [6, 6.07) is 0. The SMILES string of the molecule is Cc1c(B(O)O)csc1C(=O)OC(C)(C)C. The predicted molar refractivity (Wildman–Crippen MR) is 64.1 cm³/mol. The molecule has 0 aliphatic carbocycles. The Kier molecular flexibility index (Phi) is 3.78. The van der Waals surface area contributed by atoms with Gasteiger partial charge in [0.2, 0.25) is 0 Å². The van der Waals surface area contributed by atoms with Crippen molar-refractivity contribution in [2.45, 2.75) is 33.3 Å². The van der Waals surface area contributed by atoms with Gasteiger partial charge in [-0.05, 0) is 44.1 Å². The van der Waals surface area contributed by atoms with E-state index < -0.39 is 18.7 Å². The van der Waals surface area contributed by atoms with Crippen LogP contribution in [0.25, 0.3) is 0 Å². The highest BCUT2D eigenvalue weighted by molar-refractivity contribution is 7.13. The van der Waals surface area contributed by atoms with Crippen LogP contribution in [0.1, 0.15) is 36.0 Å². The van der Waals surface area contributed by atoms with Crippen LogP contribution in [-0.2, 0) is 4.74 Å². The average molecular weight is 242 g/mol. The lowest BCUT2D eigenvalue weighted by atomic mass is 9.79. The van der Waals surface area contributed by atoms with E-state index in [0.29, 0.717) is 15.9 Å². The van der Waals surface area contributed by atoms with Crippen LogP contribution in [0, 0.1) is 6.92 Å². The van der Waals surface area contributed by atoms with E-state index in [0.717, 1.165) is 11.3 Å². The van der Waals surface area contributed by atoms with Gasteiger partial charge >= 0.3 is 13.1 Å². The minimum Gasteiger partial charge on any atom is -0.456 e. The number of thiophene rings is 1. The Bertz CT molecular complexity index is 392. The topological polar surface area (TPSA) is 66.8 Å². The Labute approximate surface area is 99.0 Å². The zero-order valence-corrected chi connectivity index (χ0v) is 10.6. The second-order valence-electron chi connectivity index (χ2n) is 4.52. The van der Waals surface area contributed by atoms with E-state index in [4.69, 9.17) is 14.8 Å². The zero-order valence-electron chi connectivity index (χ0n) is 9.77. The van der Waals surface area contributed by atoms with E-state index in [1.54, 1.807) is 33.1 Å². The van der Waals surface area contributed by atoms with E-state index in [2.05, 4.69) is 0 Å². The van der Waals surface area contributed by atoms with Crippen LogP contribution >= 0.6 is 11.3 Å². The van der Waals surface area contributed by atoms with Crippen molar-refractivity contribution in [2.75, 3.05) is 0 Å². The van der Waals surface area contributed by atoms with E-state index in [1.165, 1.54) is 0 Å². The van der Waals surface area contributed by atoms with E-state index in [9.17, 15) is 4.79 Å². The van der Waals surface area contributed by atoms with Gasteiger partial charge in [-0.2, -0.15) is 0 Å². The number of ether oxygens (including phenoxy) is 1. The maximum absolute atomic E-state index is 11.7. The van der Waals surface area contributed by atoms with Crippen molar-refractivity contribution in [3.63, 3.8) is 0 Å². The Hall–Kier alpha value is -0.845. The third-order valence-electron chi connectivity index (χ3n) is 1.94. The molecule has 0 amide bonds. The lowest BCUT2D eigenvalue weighted by Crippen LogP contribution is -2.31. The maximum atomic E-state index is 11.7. The van der Waals surface area contributed by atoms with Crippen molar-refractivity contribution >= 4 is 29.9 Å². The smallest absolute Gasteiger partial charge is 0.456 e. The third kappa shape index (κ3) is 3.07. The molecule has 2 N–H and O–H groups in total. The molecule has 0 saturated heterocycles. The summed E-state index contributed by atoms with van der Waals surface area (Å²) in [5.74, 6) is -0.429. The molecular weight excluding hydrogens is 227 g/mol. The highest BCUT2D eigenvalue weighted by atomic mass is 32.1. The van der Waals surface area contributed by atoms with Crippen molar-refractivity contribution in [3.8, 4) is 0 Å². The number of esters is 1. The lowest BCUT2D eigenvalue weighted by molar-refractivity contribution is 0.00746. The van der Waals surface area contributed by atoms with Gasteiger partial charge in [0.05, 0.1) is 0 Å². The Morgan fingerprint density at radius 3 is 2.38 bits per heavy atom. The highest BCUT2D eigenvalue weighted by Gasteiger charge is 2.25. The van der Waals surface area contributed by atoms with Gasteiger partial charge in [-0.1, -0.05) is 0 Å². The van der Waals surface area contributed by atoms with Gasteiger partial charge in [0.1, 0.15) is 10.5 Å². The van der Waals surface area contributed by atoms with Crippen LogP contribution < -0.4 is 5.46 Å². The molecule has 0 aliphatic heterocycles. The van der Waals surface area contributed by atoms with Crippen LogP contribution in [0.3, 0.4) is 0 Å². The monoisotopic (exact) mass is 242 g/mol. The summed E-state index contributed by atoms with van der Waals surface area (Å²) in [5, 5.41) is 19.6. The summed E-state index contributed by atoms with van der Waals surface area (Å²) in [5.41, 5.74) is 0.367. The molecule has 1 heterocycles. The standard InChI is InChI=1S/C10H15BO4S/c1-6-7(11(13)14)5-16-8(6)9(12)15-10(2,3)4/h5,13-14H,1-4H3. The van der Waals surface area contributed by atoms with E-state index >= 15 is 0 Å². The Morgan fingerprint density at radius 1 is 1.44 bits per heavy atom. The first-order chi connectivity index (χ1) is 7.22. The van der Waals surface area contributed by atoms with Crippen LogP contribution in [0.4, 0.5) is 0 Å². The van der Waals surface area contributed by atoms with Gasteiger partial charge in [-0.15, -0.1) is 11.3 Å². The summed E-state index contributed by atoms with van der Waals surface area (Å²) >= 11 is 1.16. The number of carbonyl (C=O) groups excluding carboxylic acids is 1. The van der Waals surface area contributed by atoms with Gasteiger partial charge < -0.3 is 14.8 Å². The molecule has 1 aromatic heterocycles. The fourth-order valence-electron chi connectivity index (χ4n) is 1.21. The molecule has 0 unspecified atom stereocenters. The van der Waals surface area contributed by atoms with Crippen molar-refractivity contribution in [3.05, 3.63) is 15.8 Å². The fraction of sp³-hybridized carbons (Fsp3) is 0.500. The second kappa shape index (κ2) is 4.57. The highest BCUT2D eigenvalue weighted by Crippen LogP contribution is 2.19. The van der Waals surface area contributed by atoms with Crippen molar-refractivity contribution in [2.24, 2.45) is 0 Å². The second-order valence-corrected chi connectivity index (χ2v) is 5.40. The maximum Gasteiger partial charge on any atom is 0.489 e. The molecule has 0 radical (unpaired) electrons.